The van der Waals surface area contributed by atoms with Crippen molar-refractivity contribution >= 4 is 17.3 Å². The van der Waals surface area contributed by atoms with Crippen LogP contribution in [0.15, 0.2) is 66.7 Å². The van der Waals surface area contributed by atoms with Crippen molar-refractivity contribution < 1.29 is 19.0 Å². The molecule has 6 heteroatoms. The van der Waals surface area contributed by atoms with E-state index in [4.69, 9.17) is 14.2 Å². The molecule has 0 aliphatic carbocycles. The Kier molecular flexibility index (Phi) is 5.01. The minimum Gasteiger partial charge on any atom is -0.497 e. The molecule has 1 heterocycles. The highest BCUT2D eigenvalue weighted by Gasteiger charge is 2.13. The number of methoxy groups -OCH3 is 1. The van der Waals surface area contributed by atoms with E-state index in [0.717, 1.165) is 28.4 Å². The number of anilines is 2. The Bertz CT molecular complexity index is 986. The molecule has 1 aliphatic heterocycles. The molecule has 3 aromatic rings. The number of amides is 1. The zero-order valence-electron chi connectivity index (χ0n) is 15.4. The molecule has 3 aromatic carbocycles. The lowest BCUT2D eigenvalue weighted by molar-refractivity contribution is 0.102. The zero-order valence-corrected chi connectivity index (χ0v) is 15.4. The van der Waals surface area contributed by atoms with Crippen molar-refractivity contribution in [3.05, 3.63) is 77.9 Å². The normalized spacial score (nSPS) is 11.8. The molecular formula is C22H20N2O4. The van der Waals surface area contributed by atoms with Gasteiger partial charge < -0.3 is 24.8 Å². The fraction of sp³-hybridized carbons (Fsp3) is 0.136. The summed E-state index contributed by atoms with van der Waals surface area (Å²) in [7, 11) is 1.58. The van der Waals surface area contributed by atoms with Crippen LogP contribution >= 0.6 is 0 Å². The lowest BCUT2D eigenvalue weighted by Crippen LogP contribution is -2.11. The molecule has 0 spiro atoms. The van der Waals surface area contributed by atoms with E-state index >= 15 is 0 Å². The molecular weight excluding hydrogens is 356 g/mol. The average molecular weight is 376 g/mol. The van der Waals surface area contributed by atoms with Gasteiger partial charge in [-0.05, 0) is 60.2 Å². The maximum absolute atomic E-state index is 12.4. The summed E-state index contributed by atoms with van der Waals surface area (Å²) in [4.78, 5) is 12.4. The number of carbonyl (C=O) groups excluding carboxylic acids is 1. The highest BCUT2D eigenvalue weighted by molar-refractivity contribution is 6.04. The summed E-state index contributed by atoms with van der Waals surface area (Å²) in [5.41, 5.74) is 3.32. The number of carbonyl (C=O) groups is 1. The Morgan fingerprint density at radius 1 is 0.964 bits per heavy atom. The van der Waals surface area contributed by atoms with Gasteiger partial charge in [0.15, 0.2) is 11.5 Å². The molecule has 1 amide bonds. The zero-order chi connectivity index (χ0) is 19.3. The molecule has 0 saturated heterocycles. The molecule has 4 rings (SSSR count). The van der Waals surface area contributed by atoms with Gasteiger partial charge in [0.1, 0.15) is 5.75 Å². The molecule has 1 aliphatic rings. The standard InChI is InChI=1S/C22H20N2O4/c1-26-19-4-2-3-16(12-19)22(25)24-18-8-6-17(7-9-18)23-13-15-5-10-20-21(11-15)28-14-27-20/h2-12,23H,13-14H2,1H3,(H,24,25). The first-order valence-corrected chi connectivity index (χ1v) is 8.89. The van der Waals surface area contributed by atoms with Gasteiger partial charge in [0.2, 0.25) is 6.79 Å². The first-order chi connectivity index (χ1) is 13.7. The third kappa shape index (κ3) is 4.01. The summed E-state index contributed by atoms with van der Waals surface area (Å²) < 4.78 is 15.9. The van der Waals surface area contributed by atoms with Crippen molar-refractivity contribution in [2.24, 2.45) is 0 Å². The van der Waals surface area contributed by atoms with Gasteiger partial charge in [-0.1, -0.05) is 12.1 Å². The highest BCUT2D eigenvalue weighted by Crippen LogP contribution is 2.32. The molecule has 142 valence electrons. The quantitative estimate of drug-likeness (QED) is 0.672. The van der Waals surface area contributed by atoms with E-state index in [1.54, 1.807) is 31.4 Å². The topological polar surface area (TPSA) is 68.8 Å². The average Bonchev–Trinajstić information content (AvgIpc) is 3.21. The summed E-state index contributed by atoms with van der Waals surface area (Å²) >= 11 is 0. The predicted octanol–water partition coefficient (Wildman–Crippen LogP) is 4.29. The Balaban J connectivity index is 1.35. The molecule has 28 heavy (non-hydrogen) atoms. The Morgan fingerprint density at radius 3 is 2.57 bits per heavy atom. The Hall–Kier alpha value is -3.67. The number of hydrogen-bond donors (Lipinski definition) is 2. The van der Waals surface area contributed by atoms with Crippen LogP contribution in [0.3, 0.4) is 0 Å². The van der Waals surface area contributed by atoms with Crippen molar-refractivity contribution in [2.75, 3.05) is 24.5 Å². The SMILES string of the molecule is COc1cccc(C(=O)Nc2ccc(NCc3ccc4c(c3)OCO4)cc2)c1. The monoisotopic (exact) mass is 376 g/mol. The number of nitrogens with one attached hydrogen (secondary N) is 2. The molecule has 6 nitrogen and oxygen atoms in total. The van der Waals surface area contributed by atoms with Crippen molar-refractivity contribution in [1.29, 1.82) is 0 Å². The fourth-order valence-electron chi connectivity index (χ4n) is 2.89. The maximum atomic E-state index is 12.4. The van der Waals surface area contributed by atoms with E-state index in [9.17, 15) is 4.79 Å². The molecule has 2 N–H and O–H groups in total. The minimum absolute atomic E-state index is 0.181. The smallest absolute Gasteiger partial charge is 0.255 e. The second-order valence-electron chi connectivity index (χ2n) is 6.30. The number of ether oxygens (including phenoxy) is 3. The summed E-state index contributed by atoms with van der Waals surface area (Å²) in [5, 5.41) is 6.24. The van der Waals surface area contributed by atoms with E-state index in [1.807, 2.05) is 42.5 Å². The van der Waals surface area contributed by atoms with Gasteiger partial charge in [-0.25, -0.2) is 0 Å². The van der Waals surface area contributed by atoms with Gasteiger partial charge in [-0.2, -0.15) is 0 Å². The summed E-state index contributed by atoms with van der Waals surface area (Å²) in [6.07, 6.45) is 0. The molecule has 0 aromatic heterocycles. The van der Waals surface area contributed by atoms with Crippen molar-refractivity contribution in [1.82, 2.24) is 0 Å². The van der Waals surface area contributed by atoms with Crippen LogP contribution in [0.4, 0.5) is 11.4 Å². The van der Waals surface area contributed by atoms with Crippen LogP contribution in [-0.2, 0) is 6.54 Å². The highest BCUT2D eigenvalue weighted by atomic mass is 16.7. The number of fused-ring (bicyclic) bond motifs is 1. The predicted molar refractivity (Wildman–Crippen MR) is 107 cm³/mol. The van der Waals surface area contributed by atoms with Gasteiger partial charge in [0.05, 0.1) is 7.11 Å². The Morgan fingerprint density at radius 2 is 1.75 bits per heavy atom. The first-order valence-electron chi connectivity index (χ1n) is 8.89. The van der Waals surface area contributed by atoms with Crippen LogP contribution in [0.1, 0.15) is 15.9 Å². The first kappa shape index (κ1) is 17.7. The van der Waals surface area contributed by atoms with Crippen LogP contribution < -0.4 is 24.8 Å². The minimum atomic E-state index is -0.181. The van der Waals surface area contributed by atoms with Crippen LogP contribution in [0, 0.1) is 0 Å². The van der Waals surface area contributed by atoms with Gasteiger partial charge in [0.25, 0.3) is 5.91 Å². The molecule has 0 bridgehead atoms. The van der Waals surface area contributed by atoms with Crippen LogP contribution in [0.5, 0.6) is 17.2 Å². The molecule has 0 saturated carbocycles. The molecule has 0 unspecified atom stereocenters. The van der Waals surface area contributed by atoms with Gasteiger partial charge in [-0.3, -0.25) is 4.79 Å². The Labute approximate surface area is 163 Å². The fourth-order valence-corrected chi connectivity index (χ4v) is 2.89. The number of rotatable bonds is 6. The second-order valence-corrected chi connectivity index (χ2v) is 6.30. The maximum Gasteiger partial charge on any atom is 0.255 e. The number of hydrogen-bond acceptors (Lipinski definition) is 5. The van der Waals surface area contributed by atoms with E-state index in [2.05, 4.69) is 10.6 Å². The van der Waals surface area contributed by atoms with Crippen molar-refractivity contribution in [2.45, 2.75) is 6.54 Å². The number of benzene rings is 3. The largest absolute Gasteiger partial charge is 0.497 e. The molecule has 0 atom stereocenters. The van der Waals surface area contributed by atoms with E-state index < -0.39 is 0 Å². The van der Waals surface area contributed by atoms with E-state index in [1.165, 1.54) is 0 Å². The summed E-state index contributed by atoms with van der Waals surface area (Å²) in [6, 6.07) is 20.5. The van der Waals surface area contributed by atoms with E-state index in [0.29, 0.717) is 17.9 Å². The third-order valence-corrected chi connectivity index (χ3v) is 4.41. The molecule has 0 fully saturated rings. The third-order valence-electron chi connectivity index (χ3n) is 4.41. The lowest BCUT2D eigenvalue weighted by atomic mass is 10.2. The summed E-state index contributed by atoms with van der Waals surface area (Å²) in [5.74, 6) is 2.02. The molecule has 0 radical (unpaired) electrons. The van der Waals surface area contributed by atoms with Crippen molar-refractivity contribution in [3.8, 4) is 17.2 Å². The van der Waals surface area contributed by atoms with Gasteiger partial charge in [0, 0.05) is 23.5 Å². The van der Waals surface area contributed by atoms with Crippen LogP contribution in [0.25, 0.3) is 0 Å². The van der Waals surface area contributed by atoms with Crippen molar-refractivity contribution in [3.63, 3.8) is 0 Å². The van der Waals surface area contributed by atoms with Gasteiger partial charge >= 0.3 is 0 Å². The van der Waals surface area contributed by atoms with Gasteiger partial charge in [-0.15, -0.1) is 0 Å². The second kappa shape index (κ2) is 7.92. The summed E-state index contributed by atoms with van der Waals surface area (Å²) in [6.45, 7) is 0.932. The van der Waals surface area contributed by atoms with Crippen LogP contribution in [-0.4, -0.2) is 19.8 Å². The van der Waals surface area contributed by atoms with Crippen LogP contribution in [0.2, 0.25) is 0 Å². The lowest BCUT2D eigenvalue weighted by Gasteiger charge is -2.10. The van der Waals surface area contributed by atoms with E-state index in [-0.39, 0.29) is 12.7 Å².